The third-order valence-electron chi connectivity index (χ3n) is 4.75. The Morgan fingerprint density at radius 3 is 2.47 bits per heavy atom. The average molecular weight is 605 g/mol. The second-order valence-electron chi connectivity index (χ2n) is 7.17. The number of hydrogen-bond acceptors (Lipinski definition) is 5. The maximum Gasteiger partial charge on any atom is 0.416 e. The zero-order valence-electron chi connectivity index (χ0n) is 18.5. The zero-order valence-corrected chi connectivity index (χ0v) is 21.6. The van der Waals surface area contributed by atoms with Crippen molar-refractivity contribution in [3.05, 3.63) is 87.4 Å². The lowest BCUT2D eigenvalue weighted by atomic mass is 10.2. The summed E-state index contributed by atoms with van der Waals surface area (Å²) in [6.45, 7) is -0.898. The molecule has 190 valence electrons. The van der Waals surface area contributed by atoms with Crippen LogP contribution in [-0.4, -0.2) is 34.2 Å². The molecule has 3 aromatic carbocycles. The predicted octanol–water partition coefficient (Wildman–Crippen LogP) is 5.48. The quantitative estimate of drug-likeness (QED) is 0.273. The fourth-order valence-electron chi connectivity index (χ4n) is 3.05. The van der Waals surface area contributed by atoms with Crippen molar-refractivity contribution < 1.29 is 31.1 Å². The molecule has 36 heavy (non-hydrogen) atoms. The maximum absolute atomic E-state index is 13.3. The van der Waals surface area contributed by atoms with E-state index in [0.717, 1.165) is 16.6 Å². The van der Waals surface area contributed by atoms with E-state index in [-0.39, 0.29) is 9.92 Å². The summed E-state index contributed by atoms with van der Waals surface area (Å²) in [5.74, 6) is -0.464. The Morgan fingerprint density at radius 1 is 1.14 bits per heavy atom. The van der Waals surface area contributed by atoms with E-state index in [1.165, 1.54) is 37.6 Å². The Morgan fingerprint density at radius 2 is 1.83 bits per heavy atom. The average Bonchev–Trinajstić information content (AvgIpc) is 2.83. The van der Waals surface area contributed by atoms with Crippen LogP contribution in [0.25, 0.3) is 0 Å². The number of methoxy groups -OCH3 is 1. The van der Waals surface area contributed by atoms with E-state index in [0.29, 0.717) is 21.7 Å². The number of rotatable bonds is 8. The van der Waals surface area contributed by atoms with Crippen LogP contribution in [0, 0.1) is 0 Å². The number of hydrogen-bond donors (Lipinski definition) is 1. The fraction of sp³-hybridized carbons (Fsp3) is 0.130. The number of nitrogens with zero attached hydrogens (tertiary/aromatic N) is 2. The number of nitrogens with one attached hydrogen (secondary N) is 1. The molecule has 1 N–H and O–H groups in total. The SMILES string of the molecule is COc1ccc(Br)cc1/C=N\NC(=O)CN(c1cc(C(F)(F)F)ccc1Cl)S(=O)(=O)c1ccccc1. The van der Waals surface area contributed by atoms with Crippen LogP contribution < -0.4 is 14.5 Å². The van der Waals surface area contributed by atoms with Gasteiger partial charge in [-0.2, -0.15) is 18.3 Å². The molecule has 0 atom stereocenters. The van der Waals surface area contributed by atoms with E-state index in [1.807, 2.05) is 0 Å². The highest BCUT2D eigenvalue weighted by atomic mass is 79.9. The van der Waals surface area contributed by atoms with E-state index in [9.17, 15) is 26.4 Å². The van der Waals surface area contributed by atoms with Crippen LogP contribution in [0.3, 0.4) is 0 Å². The van der Waals surface area contributed by atoms with Crippen molar-refractivity contribution in [2.75, 3.05) is 18.0 Å². The lowest BCUT2D eigenvalue weighted by Gasteiger charge is -2.25. The fourth-order valence-corrected chi connectivity index (χ4v) is 5.15. The van der Waals surface area contributed by atoms with Crippen molar-refractivity contribution in [1.29, 1.82) is 0 Å². The van der Waals surface area contributed by atoms with Gasteiger partial charge in [0.2, 0.25) is 0 Å². The molecule has 1 amide bonds. The molecule has 13 heteroatoms. The van der Waals surface area contributed by atoms with Gasteiger partial charge in [0.1, 0.15) is 12.3 Å². The number of carbonyl (C=O) groups is 1. The third kappa shape index (κ3) is 6.56. The minimum Gasteiger partial charge on any atom is -0.496 e. The smallest absolute Gasteiger partial charge is 0.416 e. The third-order valence-corrected chi connectivity index (χ3v) is 7.33. The molecule has 0 saturated carbocycles. The largest absolute Gasteiger partial charge is 0.496 e. The zero-order chi connectivity index (χ0) is 26.5. The van der Waals surface area contributed by atoms with Crippen LogP contribution in [-0.2, 0) is 21.0 Å². The molecule has 0 heterocycles. The summed E-state index contributed by atoms with van der Waals surface area (Å²) in [7, 11) is -3.04. The minimum absolute atomic E-state index is 0.242. The molecule has 0 aliphatic rings. The van der Waals surface area contributed by atoms with E-state index < -0.39 is 39.9 Å². The van der Waals surface area contributed by atoms with Crippen molar-refractivity contribution in [1.82, 2.24) is 5.43 Å². The molecule has 0 bridgehead atoms. The highest BCUT2D eigenvalue weighted by Crippen LogP contribution is 2.37. The predicted molar refractivity (Wildman–Crippen MR) is 134 cm³/mol. The molecule has 0 fully saturated rings. The van der Waals surface area contributed by atoms with Crippen molar-refractivity contribution in [3.63, 3.8) is 0 Å². The molecule has 7 nitrogen and oxygen atoms in total. The number of hydrazone groups is 1. The molecule has 3 rings (SSSR count). The maximum atomic E-state index is 13.3. The molecule has 0 radical (unpaired) electrons. The Hall–Kier alpha value is -3.09. The van der Waals surface area contributed by atoms with E-state index in [2.05, 4.69) is 26.5 Å². The van der Waals surface area contributed by atoms with Gasteiger partial charge >= 0.3 is 6.18 Å². The summed E-state index contributed by atoms with van der Waals surface area (Å²) in [5.41, 5.74) is 1.04. The van der Waals surface area contributed by atoms with E-state index in [1.54, 1.807) is 24.3 Å². The molecule has 0 aromatic heterocycles. The Bertz CT molecular complexity index is 1390. The number of carbonyl (C=O) groups excluding carboxylic acids is 1. The first-order valence-electron chi connectivity index (χ1n) is 10.0. The van der Waals surface area contributed by atoms with Crippen LogP contribution in [0.4, 0.5) is 18.9 Å². The lowest BCUT2D eigenvalue weighted by Crippen LogP contribution is -2.40. The molecule has 0 aliphatic heterocycles. The van der Waals surface area contributed by atoms with Gasteiger partial charge in [0.25, 0.3) is 15.9 Å². The van der Waals surface area contributed by atoms with Crippen molar-refractivity contribution >= 4 is 55.4 Å². The molecular weight excluding hydrogens is 587 g/mol. The number of halogens is 5. The highest BCUT2D eigenvalue weighted by molar-refractivity contribution is 9.10. The number of benzene rings is 3. The normalized spacial score (nSPS) is 11.9. The first-order valence-corrected chi connectivity index (χ1v) is 12.6. The van der Waals surface area contributed by atoms with Gasteiger partial charge in [-0.1, -0.05) is 45.7 Å². The molecule has 0 aliphatic carbocycles. The van der Waals surface area contributed by atoms with E-state index in [4.69, 9.17) is 16.3 Å². The second-order valence-corrected chi connectivity index (χ2v) is 10.4. The van der Waals surface area contributed by atoms with E-state index >= 15 is 0 Å². The topological polar surface area (TPSA) is 88.1 Å². The number of amides is 1. The molecule has 0 spiro atoms. The second kappa shape index (κ2) is 11.3. The standard InChI is InChI=1S/C23H18BrClF3N3O4S/c1-35-21-10-8-17(24)11-15(21)13-29-30-22(32)14-31(36(33,34)18-5-3-2-4-6-18)20-12-16(23(26,27)28)7-9-19(20)25/h2-13H,14H2,1H3,(H,30,32)/b29-13-. The number of anilines is 1. The molecular formula is C23H18BrClF3N3O4S. The minimum atomic E-state index is -4.77. The summed E-state index contributed by atoms with van der Waals surface area (Å²) in [4.78, 5) is 12.4. The summed E-state index contributed by atoms with van der Waals surface area (Å²) >= 11 is 9.40. The van der Waals surface area contributed by atoms with Crippen LogP contribution in [0.2, 0.25) is 5.02 Å². The van der Waals surface area contributed by atoms with Gasteiger partial charge in [0.05, 0.1) is 34.5 Å². The summed E-state index contributed by atoms with van der Waals surface area (Å²) in [5, 5.41) is 3.52. The van der Waals surface area contributed by atoms with Gasteiger partial charge in [-0.3, -0.25) is 9.10 Å². The summed E-state index contributed by atoms with van der Waals surface area (Å²) in [6, 6.07) is 14.2. The van der Waals surface area contributed by atoms with Gasteiger partial charge in [0.15, 0.2) is 0 Å². The number of alkyl halides is 3. The van der Waals surface area contributed by atoms with Gasteiger partial charge in [-0.05, 0) is 48.5 Å². The van der Waals surface area contributed by atoms with Gasteiger partial charge in [0, 0.05) is 10.0 Å². The Labute approximate surface area is 218 Å². The van der Waals surface area contributed by atoms with Gasteiger partial charge in [-0.25, -0.2) is 13.8 Å². The van der Waals surface area contributed by atoms with Crippen LogP contribution >= 0.6 is 27.5 Å². The Balaban J connectivity index is 1.96. The summed E-state index contributed by atoms with van der Waals surface area (Å²) in [6.07, 6.45) is -3.49. The highest BCUT2D eigenvalue weighted by Gasteiger charge is 2.34. The summed E-state index contributed by atoms with van der Waals surface area (Å²) < 4.78 is 73.1. The van der Waals surface area contributed by atoms with Crippen LogP contribution in [0.1, 0.15) is 11.1 Å². The molecule has 3 aromatic rings. The van der Waals surface area contributed by atoms with Crippen molar-refractivity contribution in [2.45, 2.75) is 11.1 Å². The van der Waals surface area contributed by atoms with Crippen molar-refractivity contribution in [3.8, 4) is 5.75 Å². The van der Waals surface area contributed by atoms with Crippen molar-refractivity contribution in [2.24, 2.45) is 5.10 Å². The van der Waals surface area contributed by atoms with Crippen LogP contribution in [0.15, 0.2) is 81.2 Å². The van der Waals surface area contributed by atoms with Crippen LogP contribution in [0.5, 0.6) is 5.75 Å². The monoisotopic (exact) mass is 603 g/mol. The molecule has 0 saturated heterocycles. The molecule has 0 unspecified atom stereocenters. The lowest BCUT2D eigenvalue weighted by molar-refractivity contribution is -0.137. The van der Waals surface area contributed by atoms with Gasteiger partial charge < -0.3 is 4.74 Å². The number of sulfonamides is 1. The Kier molecular flexibility index (Phi) is 8.64. The number of ether oxygens (including phenoxy) is 1. The first-order chi connectivity index (χ1) is 16.9. The van der Waals surface area contributed by atoms with Gasteiger partial charge in [-0.15, -0.1) is 0 Å². The first kappa shape index (κ1) is 27.5.